The van der Waals surface area contributed by atoms with Crippen molar-refractivity contribution in [2.45, 2.75) is 44.6 Å². The van der Waals surface area contributed by atoms with Gasteiger partial charge in [-0.15, -0.1) is 0 Å². The minimum Gasteiger partial charge on any atom is -0.381 e. The van der Waals surface area contributed by atoms with Crippen molar-refractivity contribution in [1.29, 1.82) is 0 Å². The lowest BCUT2D eigenvalue weighted by atomic mass is 9.68. The molecule has 4 rings (SSSR count). The highest BCUT2D eigenvalue weighted by molar-refractivity contribution is 5.74. The summed E-state index contributed by atoms with van der Waals surface area (Å²) in [6, 6.07) is 8.79. The molecule has 4 nitrogen and oxygen atoms in total. The van der Waals surface area contributed by atoms with Gasteiger partial charge in [-0.05, 0) is 55.8 Å². The minimum absolute atomic E-state index is 0.159. The molecule has 2 saturated heterocycles. The zero-order valence-corrected chi connectivity index (χ0v) is 15.4. The van der Waals surface area contributed by atoms with Gasteiger partial charge in [0.15, 0.2) is 0 Å². The van der Waals surface area contributed by atoms with Crippen LogP contribution in [-0.4, -0.2) is 55.1 Å². The van der Waals surface area contributed by atoms with E-state index in [-0.39, 0.29) is 11.3 Å². The van der Waals surface area contributed by atoms with E-state index in [1.54, 1.807) is 6.92 Å². The van der Waals surface area contributed by atoms with Gasteiger partial charge in [-0.25, -0.2) is 0 Å². The van der Waals surface area contributed by atoms with Crippen LogP contribution in [0.1, 0.15) is 43.7 Å². The van der Waals surface area contributed by atoms with E-state index in [0.717, 1.165) is 58.2 Å². The van der Waals surface area contributed by atoms with E-state index in [0.29, 0.717) is 0 Å². The number of benzene rings is 1. The highest BCUT2D eigenvalue weighted by Gasteiger charge is 2.42. The molecule has 1 aromatic rings. The van der Waals surface area contributed by atoms with Gasteiger partial charge in [0.25, 0.3) is 0 Å². The van der Waals surface area contributed by atoms with Gasteiger partial charge in [-0.1, -0.05) is 24.3 Å². The average Bonchev–Trinajstić information content (AvgIpc) is 2.64. The van der Waals surface area contributed by atoms with Crippen LogP contribution in [0.15, 0.2) is 24.3 Å². The second kappa shape index (κ2) is 7.08. The lowest BCUT2D eigenvalue weighted by Crippen LogP contribution is -2.53. The van der Waals surface area contributed by atoms with Crippen LogP contribution in [0.2, 0.25) is 0 Å². The molecule has 0 N–H and O–H groups in total. The van der Waals surface area contributed by atoms with Gasteiger partial charge in [0.1, 0.15) is 0 Å². The second-order valence-electron chi connectivity index (χ2n) is 8.17. The van der Waals surface area contributed by atoms with Gasteiger partial charge in [-0.3, -0.25) is 4.79 Å². The lowest BCUT2D eigenvalue weighted by molar-refractivity contribution is -0.131. The maximum absolute atomic E-state index is 12.1. The molecule has 3 aliphatic rings. The zero-order chi connectivity index (χ0) is 17.3. The Kier molecular flexibility index (Phi) is 4.83. The van der Waals surface area contributed by atoms with Gasteiger partial charge < -0.3 is 14.5 Å². The summed E-state index contributed by atoms with van der Waals surface area (Å²) in [5, 5.41) is 0. The molecule has 25 heavy (non-hydrogen) atoms. The molecule has 2 fully saturated rings. The number of likely N-dealkylation sites (tertiary alicyclic amines) is 1. The van der Waals surface area contributed by atoms with Crippen molar-refractivity contribution < 1.29 is 9.53 Å². The molecule has 1 amide bonds. The lowest BCUT2D eigenvalue weighted by Gasteiger charge is -2.49. The summed E-state index contributed by atoms with van der Waals surface area (Å²) in [7, 11) is 0. The number of ether oxygens (including phenoxy) is 1. The van der Waals surface area contributed by atoms with E-state index in [2.05, 4.69) is 34.1 Å². The smallest absolute Gasteiger partial charge is 0.219 e. The Morgan fingerprint density at radius 1 is 1.20 bits per heavy atom. The van der Waals surface area contributed by atoms with E-state index in [4.69, 9.17) is 4.74 Å². The van der Waals surface area contributed by atoms with Gasteiger partial charge >= 0.3 is 0 Å². The number of hydrogen-bond donors (Lipinski definition) is 0. The van der Waals surface area contributed by atoms with Crippen molar-refractivity contribution in [3.63, 3.8) is 0 Å². The highest BCUT2D eigenvalue weighted by Crippen LogP contribution is 2.42. The molecule has 0 bridgehead atoms. The number of piperidine rings is 1. The van der Waals surface area contributed by atoms with Crippen molar-refractivity contribution in [2.24, 2.45) is 5.92 Å². The first-order chi connectivity index (χ1) is 12.2. The maximum Gasteiger partial charge on any atom is 0.219 e. The molecule has 0 saturated carbocycles. The number of carbonyl (C=O) groups is 1. The fraction of sp³-hybridized carbons (Fsp3) is 0.667. The summed E-state index contributed by atoms with van der Waals surface area (Å²) >= 11 is 0. The van der Waals surface area contributed by atoms with Crippen molar-refractivity contribution in [3.8, 4) is 0 Å². The van der Waals surface area contributed by atoms with Gasteiger partial charge in [0, 0.05) is 45.2 Å². The molecular formula is C21H30N2O2. The van der Waals surface area contributed by atoms with Crippen LogP contribution in [0.5, 0.6) is 0 Å². The van der Waals surface area contributed by atoms with Crippen molar-refractivity contribution in [1.82, 2.24) is 9.80 Å². The summed E-state index contributed by atoms with van der Waals surface area (Å²) in [4.78, 5) is 16.8. The Balaban J connectivity index is 1.47. The van der Waals surface area contributed by atoms with E-state index in [1.807, 2.05) is 0 Å². The van der Waals surface area contributed by atoms with E-state index < -0.39 is 0 Å². The monoisotopic (exact) mass is 342 g/mol. The summed E-state index contributed by atoms with van der Waals surface area (Å²) < 4.78 is 5.50. The number of amides is 1. The van der Waals surface area contributed by atoms with Gasteiger partial charge in [0.05, 0.1) is 0 Å². The molecule has 1 aromatic carbocycles. The number of rotatable bonds is 2. The van der Waals surface area contributed by atoms with Crippen LogP contribution < -0.4 is 0 Å². The first kappa shape index (κ1) is 17.0. The molecule has 0 unspecified atom stereocenters. The standard InChI is InChI=1S/C21H30N2O2/c1-17(24)23-15-19-4-2-3-5-20(19)21(16-23)8-10-22(11-9-21)14-18-6-12-25-13-7-18/h2-5,18H,6-16H2,1H3. The van der Waals surface area contributed by atoms with Crippen LogP contribution in [0.25, 0.3) is 0 Å². The van der Waals surface area contributed by atoms with Crippen LogP contribution in [0.4, 0.5) is 0 Å². The van der Waals surface area contributed by atoms with Crippen molar-refractivity contribution in [3.05, 3.63) is 35.4 Å². The Morgan fingerprint density at radius 3 is 2.64 bits per heavy atom. The molecule has 0 aromatic heterocycles. The number of hydrogen-bond acceptors (Lipinski definition) is 3. The summed E-state index contributed by atoms with van der Waals surface area (Å²) in [5.74, 6) is 1.01. The molecule has 4 heteroatoms. The third-order valence-electron chi connectivity index (χ3n) is 6.56. The number of fused-ring (bicyclic) bond motifs is 2. The van der Waals surface area contributed by atoms with E-state index in [1.165, 1.54) is 30.5 Å². The fourth-order valence-electron chi connectivity index (χ4n) is 5.00. The number of nitrogens with zero attached hydrogens (tertiary/aromatic N) is 2. The molecule has 0 radical (unpaired) electrons. The van der Waals surface area contributed by atoms with Crippen LogP contribution in [0, 0.1) is 5.92 Å². The fourth-order valence-corrected chi connectivity index (χ4v) is 5.00. The largest absolute Gasteiger partial charge is 0.381 e. The van der Waals surface area contributed by atoms with Gasteiger partial charge in [0.2, 0.25) is 5.91 Å². The van der Waals surface area contributed by atoms with Crippen LogP contribution in [0.3, 0.4) is 0 Å². The quantitative estimate of drug-likeness (QED) is 0.828. The van der Waals surface area contributed by atoms with Crippen LogP contribution >= 0.6 is 0 Å². The Hall–Kier alpha value is -1.39. The first-order valence-electron chi connectivity index (χ1n) is 9.80. The molecule has 0 aliphatic carbocycles. The first-order valence-corrected chi connectivity index (χ1v) is 9.80. The third-order valence-corrected chi connectivity index (χ3v) is 6.56. The second-order valence-corrected chi connectivity index (χ2v) is 8.17. The number of carbonyl (C=O) groups excluding carboxylic acids is 1. The molecule has 0 atom stereocenters. The molecule has 3 heterocycles. The predicted octanol–water partition coefficient (Wildman–Crippen LogP) is 2.81. The molecular weight excluding hydrogens is 312 g/mol. The summed E-state index contributed by atoms with van der Waals surface area (Å²) in [6.45, 7) is 8.77. The van der Waals surface area contributed by atoms with E-state index in [9.17, 15) is 4.79 Å². The SMILES string of the molecule is CC(=O)N1Cc2ccccc2C2(CCN(CC3CCOCC3)CC2)C1. The molecule has 136 valence electrons. The highest BCUT2D eigenvalue weighted by atomic mass is 16.5. The Morgan fingerprint density at radius 2 is 1.92 bits per heavy atom. The molecule has 3 aliphatic heterocycles. The zero-order valence-electron chi connectivity index (χ0n) is 15.4. The topological polar surface area (TPSA) is 32.8 Å². The normalized spacial score (nSPS) is 24.3. The summed E-state index contributed by atoms with van der Waals surface area (Å²) in [5.41, 5.74) is 3.01. The minimum atomic E-state index is 0.159. The van der Waals surface area contributed by atoms with Crippen LogP contribution in [-0.2, 0) is 21.5 Å². The molecule has 1 spiro atoms. The van der Waals surface area contributed by atoms with E-state index >= 15 is 0 Å². The maximum atomic E-state index is 12.1. The van der Waals surface area contributed by atoms with Crippen molar-refractivity contribution in [2.75, 3.05) is 39.4 Å². The average molecular weight is 342 g/mol. The van der Waals surface area contributed by atoms with Crippen molar-refractivity contribution >= 4 is 5.91 Å². The Bertz CT molecular complexity index is 616. The predicted molar refractivity (Wildman–Crippen MR) is 98.4 cm³/mol. The van der Waals surface area contributed by atoms with Gasteiger partial charge in [-0.2, -0.15) is 0 Å². The Labute approximate surface area is 151 Å². The summed E-state index contributed by atoms with van der Waals surface area (Å²) in [6.07, 6.45) is 4.75. The third kappa shape index (κ3) is 3.47.